The molecule has 0 radical (unpaired) electrons. The highest BCUT2D eigenvalue weighted by atomic mass is 16.5. The molecule has 0 saturated heterocycles. The monoisotopic (exact) mass is 279 g/mol. The van der Waals surface area contributed by atoms with Crippen molar-refractivity contribution < 1.29 is 9.53 Å². The first-order valence-electron chi connectivity index (χ1n) is 6.44. The summed E-state index contributed by atoms with van der Waals surface area (Å²) in [5.74, 6) is 1.29. The van der Waals surface area contributed by atoms with Crippen LogP contribution in [-0.4, -0.2) is 15.6 Å². The molecule has 0 aliphatic rings. The zero-order valence-corrected chi connectivity index (χ0v) is 11.1. The molecule has 1 heterocycles. The number of amides is 1. The molecule has 0 atom stereocenters. The van der Waals surface area contributed by atoms with E-state index in [1.807, 2.05) is 42.5 Å². The second-order valence-corrected chi connectivity index (χ2v) is 4.31. The van der Waals surface area contributed by atoms with Gasteiger partial charge in [0.2, 0.25) is 0 Å². The molecule has 0 saturated carbocycles. The largest absolute Gasteiger partial charge is 0.455 e. The van der Waals surface area contributed by atoms with E-state index in [0.717, 1.165) is 0 Å². The zero-order chi connectivity index (χ0) is 14.5. The van der Waals surface area contributed by atoms with Gasteiger partial charge < -0.3 is 10.1 Å². The van der Waals surface area contributed by atoms with E-state index < -0.39 is 0 Å². The Balaban J connectivity index is 1.81. The molecule has 0 fully saturated rings. The Kier molecular flexibility index (Phi) is 3.64. The lowest BCUT2D eigenvalue weighted by Gasteiger charge is -2.12. The van der Waals surface area contributed by atoms with Gasteiger partial charge in [-0.25, -0.2) is 9.78 Å². The minimum Gasteiger partial charge on any atom is -0.455 e. The molecule has 104 valence electrons. The highest BCUT2D eigenvalue weighted by molar-refractivity contribution is 5.92. The number of imidazole rings is 1. The fourth-order valence-electron chi connectivity index (χ4n) is 1.83. The van der Waals surface area contributed by atoms with Gasteiger partial charge in [0.15, 0.2) is 5.75 Å². The molecule has 1 amide bonds. The second kappa shape index (κ2) is 5.92. The predicted octanol–water partition coefficient (Wildman–Crippen LogP) is 3.76. The Hall–Kier alpha value is -3.08. The molecule has 5 nitrogen and oxygen atoms in total. The third-order valence-corrected chi connectivity index (χ3v) is 2.84. The zero-order valence-electron chi connectivity index (χ0n) is 11.1. The molecule has 3 rings (SSSR count). The standard InChI is InChI=1S/C16H13N3O2/c20-16(19-11-10-17-12-19)18-14-8-4-5-9-15(14)21-13-6-2-1-3-7-13/h1-12H,(H,18,20). The van der Waals surface area contributed by atoms with Crippen molar-refractivity contribution in [3.05, 3.63) is 73.3 Å². The Bertz CT molecular complexity index is 724. The quantitative estimate of drug-likeness (QED) is 0.794. The molecule has 0 aliphatic carbocycles. The average molecular weight is 279 g/mol. The SMILES string of the molecule is O=C(Nc1ccccc1Oc1ccccc1)n1ccnc1. The van der Waals surface area contributed by atoms with Crippen LogP contribution >= 0.6 is 0 Å². The summed E-state index contributed by atoms with van der Waals surface area (Å²) in [4.78, 5) is 15.9. The summed E-state index contributed by atoms with van der Waals surface area (Å²) < 4.78 is 7.15. The number of ether oxygens (including phenoxy) is 1. The normalized spacial score (nSPS) is 10.1. The van der Waals surface area contributed by atoms with E-state index >= 15 is 0 Å². The fourth-order valence-corrected chi connectivity index (χ4v) is 1.83. The summed E-state index contributed by atoms with van der Waals surface area (Å²) in [5, 5.41) is 2.79. The number of carbonyl (C=O) groups excluding carboxylic acids is 1. The van der Waals surface area contributed by atoms with Crippen molar-refractivity contribution in [2.75, 3.05) is 5.32 Å². The molecular formula is C16H13N3O2. The minimum absolute atomic E-state index is 0.295. The summed E-state index contributed by atoms with van der Waals surface area (Å²) in [5.41, 5.74) is 0.597. The molecule has 0 bridgehead atoms. The van der Waals surface area contributed by atoms with Crippen molar-refractivity contribution in [1.29, 1.82) is 0 Å². The van der Waals surface area contributed by atoms with Crippen LogP contribution in [0.3, 0.4) is 0 Å². The number of anilines is 1. The smallest absolute Gasteiger partial charge is 0.331 e. The molecule has 3 aromatic rings. The molecule has 0 spiro atoms. The Labute approximate surface area is 121 Å². The lowest BCUT2D eigenvalue weighted by atomic mass is 10.3. The van der Waals surface area contributed by atoms with Crippen LogP contribution in [0.2, 0.25) is 0 Å². The van der Waals surface area contributed by atoms with E-state index in [9.17, 15) is 4.79 Å². The van der Waals surface area contributed by atoms with Crippen LogP contribution in [-0.2, 0) is 0 Å². The van der Waals surface area contributed by atoms with Gasteiger partial charge in [0, 0.05) is 12.4 Å². The summed E-state index contributed by atoms with van der Waals surface area (Å²) in [6, 6.07) is 16.4. The number of rotatable bonds is 3. The van der Waals surface area contributed by atoms with Crippen molar-refractivity contribution in [1.82, 2.24) is 9.55 Å². The summed E-state index contributed by atoms with van der Waals surface area (Å²) >= 11 is 0. The van der Waals surface area contributed by atoms with Gasteiger partial charge in [0.1, 0.15) is 12.1 Å². The minimum atomic E-state index is -0.295. The molecule has 5 heteroatoms. The summed E-state index contributed by atoms with van der Waals surface area (Å²) in [6.45, 7) is 0. The van der Waals surface area contributed by atoms with Gasteiger partial charge >= 0.3 is 6.03 Å². The van der Waals surface area contributed by atoms with E-state index in [1.165, 1.54) is 10.9 Å². The molecule has 1 aromatic heterocycles. The van der Waals surface area contributed by atoms with Crippen LogP contribution in [0.4, 0.5) is 10.5 Å². The van der Waals surface area contributed by atoms with E-state index in [2.05, 4.69) is 10.3 Å². The topological polar surface area (TPSA) is 56.1 Å². The lowest BCUT2D eigenvalue weighted by molar-refractivity contribution is 0.253. The second-order valence-electron chi connectivity index (χ2n) is 4.31. The molecular weight excluding hydrogens is 266 g/mol. The number of hydrogen-bond donors (Lipinski definition) is 1. The van der Waals surface area contributed by atoms with Gasteiger partial charge in [-0.1, -0.05) is 30.3 Å². The maximum Gasteiger partial charge on any atom is 0.331 e. The van der Waals surface area contributed by atoms with Crippen LogP contribution < -0.4 is 10.1 Å². The van der Waals surface area contributed by atoms with E-state index in [0.29, 0.717) is 17.2 Å². The lowest BCUT2D eigenvalue weighted by Crippen LogP contribution is -2.18. The van der Waals surface area contributed by atoms with Crippen molar-refractivity contribution in [3.8, 4) is 11.5 Å². The van der Waals surface area contributed by atoms with E-state index in [1.54, 1.807) is 24.5 Å². The van der Waals surface area contributed by atoms with Crippen molar-refractivity contribution in [2.45, 2.75) is 0 Å². The molecule has 1 N–H and O–H groups in total. The number of nitrogens with one attached hydrogen (secondary N) is 1. The number of hydrogen-bond acceptors (Lipinski definition) is 3. The molecule has 2 aromatic carbocycles. The summed E-state index contributed by atoms with van der Waals surface area (Å²) in [7, 11) is 0. The average Bonchev–Trinajstić information content (AvgIpc) is 3.05. The summed E-state index contributed by atoms with van der Waals surface area (Å²) in [6.07, 6.45) is 4.57. The van der Waals surface area contributed by atoms with Gasteiger partial charge in [-0.2, -0.15) is 0 Å². The number of nitrogens with zero attached hydrogens (tertiary/aromatic N) is 2. The maximum atomic E-state index is 12.0. The fraction of sp³-hybridized carbons (Fsp3) is 0. The first-order chi connectivity index (χ1) is 10.3. The highest BCUT2D eigenvalue weighted by Crippen LogP contribution is 2.29. The third kappa shape index (κ3) is 3.09. The molecule has 0 aliphatic heterocycles. The number of benzene rings is 2. The Morgan fingerprint density at radius 1 is 1.05 bits per heavy atom. The van der Waals surface area contributed by atoms with E-state index in [-0.39, 0.29) is 6.03 Å². The molecule has 21 heavy (non-hydrogen) atoms. The van der Waals surface area contributed by atoms with Gasteiger partial charge in [-0.15, -0.1) is 0 Å². The third-order valence-electron chi connectivity index (χ3n) is 2.84. The van der Waals surface area contributed by atoms with Crippen LogP contribution in [0.5, 0.6) is 11.5 Å². The first kappa shape index (κ1) is 12.9. The predicted molar refractivity (Wildman–Crippen MR) is 79.6 cm³/mol. The van der Waals surface area contributed by atoms with Gasteiger partial charge in [0.25, 0.3) is 0 Å². The van der Waals surface area contributed by atoms with Crippen LogP contribution in [0.25, 0.3) is 0 Å². The number of para-hydroxylation sites is 3. The Morgan fingerprint density at radius 2 is 1.81 bits per heavy atom. The van der Waals surface area contributed by atoms with Crippen molar-refractivity contribution in [2.24, 2.45) is 0 Å². The van der Waals surface area contributed by atoms with Crippen LogP contribution in [0, 0.1) is 0 Å². The van der Waals surface area contributed by atoms with Gasteiger partial charge in [0.05, 0.1) is 5.69 Å². The van der Waals surface area contributed by atoms with E-state index in [4.69, 9.17) is 4.74 Å². The Morgan fingerprint density at radius 3 is 2.57 bits per heavy atom. The van der Waals surface area contributed by atoms with Crippen LogP contribution in [0.1, 0.15) is 0 Å². The first-order valence-corrected chi connectivity index (χ1v) is 6.44. The van der Waals surface area contributed by atoms with Crippen LogP contribution in [0.15, 0.2) is 73.3 Å². The van der Waals surface area contributed by atoms with Crippen molar-refractivity contribution >= 4 is 11.7 Å². The number of aromatic nitrogens is 2. The van der Waals surface area contributed by atoms with Gasteiger partial charge in [-0.3, -0.25) is 4.57 Å². The maximum absolute atomic E-state index is 12.0. The highest BCUT2D eigenvalue weighted by Gasteiger charge is 2.09. The molecule has 0 unspecified atom stereocenters. The number of carbonyl (C=O) groups is 1. The van der Waals surface area contributed by atoms with Crippen molar-refractivity contribution in [3.63, 3.8) is 0 Å². The van der Waals surface area contributed by atoms with Gasteiger partial charge in [-0.05, 0) is 24.3 Å².